The molecule has 0 spiro atoms. The van der Waals surface area contributed by atoms with Gasteiger partial charge in [0.15, 0.2) is 6.29 Å². The monoisotopic (exact) mass is 366 g/mol. The Labute approximate surface area is 114 Å². The summed E-state index contributed by atoms with van der Waals surface area (Å²) in [5, 5.41) is 3.62. The maximum Gasteiger partial charge on any atom is 0.433 e. The quantitative estimate of drug-likeness (QED) is 0.604. The summed E-state index contributed by atoms with van der Waals surface area (Å²) < 4.78 is 40.0. The molecule has 0 unspecified atom stereocenters. The van der Waals surface area contributed by atoms with Crippen molar-refractivity contribution in [2.24, 2.45) is 0 Å². The van der Waals surface area contributed by atoms with E-state index in [1.54, 1.807) is 12.1 Å². The third kappa shape index (κ3) is 2.55. The van der Waals surface area contributed by atoms with Crippen LogP contribution >= 0.6 is 22.6 Å². The smallest absolute Gasteiger partial charge is 0.296 e. The van der Waals surface area contributed by atoms with Crippen LogP contribution in [0.15, 0.2) is 30.3 Å². The van der Waals surface area contributed by atoms with Crippen LogP contribution in [0.5, 0.6) is 0 Å². The van der Waals surface area contributed by atoms with Gasteiger partial charge in [0.2, 0.25) is 0 Å². The van der Waals surface area contributed by atoms with E-state index in [0.717, 1.165) is 14.3 Å². The molecule has 1 aromatic carbocycles. The van der Waals surface area contributed by atoms with Crippen molar-refractivity contribution in [1.82, 2.24) is 9.78 Å². The van der Waals surface area contributed by atoms with Crippen molar-refractivity contribution in [2.45, 2.75) is 6.18 Å². The summed E-state index contributed by atoms with van der Waals surface area (Å²) in [7, 11) is 0. The molecule has 3 nitrogen and oxygen atoms in total. The Hall–Kier alpha value is -1.38. The Bertz CT molecular complexity index is 575. The number of halogens is 4. The van der Waals surface area contributed by atoms with Crippen molar-refractivity contribution in [3.63, 3.8) is 0 Å². The molecular formula is C11H6F3IN2O. The number of aldehydes is 1. The zero-order valence-electron chi connectivity index (χ0n) is 8.78. The van der Waals surface area contributed by atoms with E-state index >= 15 is 0 Å². The van der Waals surface area contributed by atoms with E-state index in [0.29, 0.717) is 6.29 Å². The molecule has 0 atom stereocenters. The summed E-state index contributed by atoms with van der Waals surface area (Å²) in [5.74, 6) is 0. The molecular weight excluding hydrogens is 360 g/mol. The van der Waals surface area contributed by atoms with Crippen molar-refractivity contribution < 1.29 is 18.0 Å². The van der Waals surface area contributed by atoms with Crippen LogP contribution in [0.25, 0.3) is 5.69 Å². The second-order valence-electron chi connectivity index (χ2n) is 3.46. The fraction of sp³-hybridized carbons (Fsp3) is 0.0909. The third-order valence-corrected chi connectivity index (χ3v) is 2.93. The topological polar surface area (TPSA) is 34.9 Å². The second kappa shape index (κ2) is 4.71. The average molecular weight is 366 g/mol. The molecule has 7 heteroatoms. The minimum Gasteiger partial charge on any atom is -0.296 e. The number of benzene rings is 1. The van der Waals surface area contributed by atoms with Crippen molar-refractivity contribution >= 4 is 28.9 Å². The van der Waals surface area contributed by atoms with E-state index in [-0.39, 0.29) is 11.4 Å². The number of aromatic nitrogens is 2. The molecule has 0 amide bonds. The van der Waals surface area contributed by atoms with Gasteiger partial charge in [0.25, 0.3) is 0 Å². The number of alkyl halides is 3. The first-order valence-electron chi connectivity index (χ1n) is 4.80. The standard InChI is InChI=1S/C11H6F3IN2O/c12-11(13,14)10-5-8(6-18)16-17(10)9-3-1-7(15)2-4-9/h1-6H. The molecule has 0 aliphatic carbocycles. The molecule has 2 rings (SSSR count). The maximum atomic E-state index is 12.8. The summed E-state index contributed by atoms with van der Waals surface area (Å²) >= 11 is 2.05. The van der Waals surface area contributed by atoms with Gasteiger partial charge in [-0.2, -0.15) is 18.3 Å². The lowest BCUT2D eigenvalue weighted by Gasteiger charge is -2.09. The Kier molecular flexibility index (Phi) is 3.42. The highest BCUT2D eigenvalue weighted by molar-refractivity contribution is 14.1. The van der Waals surface area contributed by atoms with Gasteiger partial charge in [0.1, 0.15) is 11.4 Å². The van der Waals surface area contributed by atoms with Crippen molar-refractivity contribution in [2.75, 3.05) is 0 Å². The fourth-order valence-electron chi connectivity index (χ4n) is 1.44. The summed E-state index contributed by atoms with van der Waals surface area (Å²) in [6.45, 7) is 0. The lowest BCUT2D eigenvalue weighted by atomic mass is 10.3. The van der Waals surface area contributed by atoms with E-state index in [2.05, 4.69) is 5.10 Å². The molecule has 0 saturated carbocycles. The third-order valence-electron chi connectivity index (χ3n) is 2.21. The van der Waals surface area contributed by atoms with Crippen molar-refractivity contribution in [1.29, 1.82) is 0 Å². The van der Waals surface area contributed by atoms with E-state index in [1.807, 2.05) is 22.6 Å². The molecule has 1 heterocycles. The molecule has 0 aliphatic heterocycles. The van der Waals surface area contributed by atoms with Crippen LogP contribution in [0.2, 0.25) is 0 Å². The van der Waals surface area contributed by atoms with E-state index in [4.69, 9.17) is 0 Å². The van der Waals surface area contributed by atoms with Gasteiger partial charge in [0, 0.05) is 3.57 Å². The minimum absolute atomic E-state index is 0.249. The molecule has 0 radical (unpaired) electrons. The number of hydrogen-bond donors (Lipinski definition) is 0. The predicted octanol–water partition coefficient (Wildman–Crippen LogP) is 3.31. The van der Waals surface area contributed by atoms with Crippen LogP contribution in [0, 0.1) is 3.57 Å². The Morgan fingerprint density at radius 1 is 1.22 bits per heavy atom. The summed E-state index contributed by atoms with van der Waals surface area (Å²) in [4.78, 5) is 10.5. The number of hydrogen-bond acceptors (Lipinski definition) is 2. The number of nitrogens with zero attached hydrogens (tertiary/aromatic N) is 2. The fourth-order valence-corrected chi connectivity index (χ4v) is 1.80. The lowest BCUT2D eigenvalue weighted by Crippen LogP contribution is -2.13. The molecule has 0 bridgehead atoms. The van der Waals surface area contributed by atoms with Gasteiger partial charge in [-0.1, -0.05) is 0 Å². The van der Waals surface area contributed by atoms with Crippen LogP contribution in [0.4, 0.5) is 13.2 Å². The van der Waals surface area contributed by atoms with Gasteiger partial charge in [0.05, 0.1) is 5.69 Å². The molecule has 18 heavy (non-hydrogen) atoms. The molecule has 0 aliphatic rings. The molecule has 94 valence electrons. The van der Waals surface area contributed by atoms with Crippen LogP contribution in [-0.2, 0) is 6.18 Å². The van der Waals surface area contributed by atoms with Gasteiger partial charge in [-0.3, -0.25) is 4.79 Å². The van der Waals surface area contributed by atoms with Crippen LogP contribution in [0.3, 0.4) is 0 Å². The highest BCUT2D eigenvalue weighted by Crippen LogP contribution is 2.31. The van der Waals surface area contributed by atoms with E-state index < -0.39 is 11.9 Å². The van der Waals surface area contributed by atoms with Crippen LogP contribution < -0.4 is 0 Å². The zero-order valence-corrected chi connectivity index (χ0v) is 10.9. The molecule has 2 aromatic rings. The lowest BCUT2D eigenvalue weighted by molar-refractivity contribution is -0.142. The van der Waals surface area contributed by atoms with Gasteiger partial charge in [-0.25, -0.2) is 4.68 Å². The Morgan fingerprint density at radius 3 is 2.33 bits per heavy atom. The molecule has 0 saturated heterocycles. The van der Waals surface area contributed by atoms with E-state index in [1.165, 1.54) is 12.1 Å². The average Bonchev–Trinajstić information content (AvgIpc) is 2.74. The van der Waals surface area contributed by atoms with Gasteiger partial charge < -0.3 is 0 Å². The molecule has 1 aromatic heterocycles. The highest BCUT2D eigenvalue weighted by Gasteiger charge is 2.36. The predicted molar refractivity (Wildman–Crippen MR) is 66.7 cm³/mol. The van der Waals surface area contributed by atoms with Gasteiger partial charge in [-0.05, 0) is 52.9 Å². The largest absolute Gasteiger partial charge is 0.433 e. The van der Waals surface area contributed by atoms with E-state index in [9.17, 15) is 18.0 Å². The van der Waals surface area contributed by atoms with Crippen LogP contribution in [0.1, 0.15) is 16.2 Å². The molecule has 0 fully saturated rings. The first-order valence-corrected chi connectivity index (χ1v) is 5.88. The zero-order chi connectivity index (χ0) is 13.3. The van der Waals surface area contributed by atoms with Crippen LogP contribution in [-0.4, -0.2) is 16.1 Å². The van der Waals surface area contributed by atoms with Gasteiger partial charge in [-0.15, -0.1) is 0 Å². The van der Waals surface area contributed by atoms with Gasteiger partial charge >= 0.3 is 6.18 Å². The first-order chi connectivity index (χ1) is 8.41. The maximum absolute atomic E-state index is 12.8. The Balaban J connectivity index is 2.59. The SMILES string of the molecule is O=Cc1cc(C(F)(F)F)n(-c2ccc(I)cc2)n1. The first kappa shape index (κ1) is 13.1. The number of carbonyl (C=O) groups is 1. The van der Waals surface area contributed by atoms with Crippen molar-refractivity contribution in [3.8, 4) is 5.69 Å². The molecule has 0 N–H and O–H groups in total. The van der Waals surface area contributed by atoms with Crippen molar-refractivity contribution in [3.05, 3.63) is 45.3 Å². The normalized spacial score (nSPS) is 11.6. The second-order valence-corrected chi connectivity index (χ2v) is 4.70. The number of rotatable bonds is 2. The highest BCUT2D eigenvalue weighted by atomic mass is 127. The minimum atomic E-state index is -4.56. The number of carbonyl (C=O) groups excluding carboxylic acids is 1. The summed E-state index contributed by atoms with van der Waals surface area (Å²) in [5.41, 5.74) is -0.956. The summed E-state index contributed by atoms with van der Waals surface area (Å²) in [6, 6.07) is 7.08. The Morgan fingerprint density at radius 2 is 1.83 bits per heavy atom. The summed E-state index contributed by atoms with van der Waals surface area (Å²) in [6.07, 6.45) is -4.27.